The van der Waals surface area contributed by atoms with Crippen molar-refractivity contribution in [2.24, 2.45) is 0 Å². The molecule has 0 bridgehead atoms. The smallest absolute Gasteiger partial charge is 0.263 e. The van der Waals surface area contributed by atoms with Gasteiger partial charge in [0.05, 0.1) is 9.90 Å². The molecule has 0 spiro atoms. The molecular formula is C10H13N3OS2. The fourth-order valence-electron chi connectivity index (χ4n) is 1.16. The summed E-state index contributed by atoms with van der Waals surface area (Å²) >= 11 is 2.70. The molecule has 1 amide bonds. The molecule has 0 aliphatic rings. The molecule has 0 saturated carbocycles. The van der Waals surface area contributed by atoms with E-state index in [9.17, 15) is 4.79 Å². The number of carbonyl (C=O) groups excluding carboxylic acids is 1. The first-order valence-corrected chi connectivity index (χ1v) is 6.84. The maximum Gasteiger partial charge on any atom is 0.263 e. The van der Waals surface area contributed by atoms with E-state index in [1.165, 1.54) is 23.1 Å². The predicted octanol–water partition coefficient (Wildman–Crippen LogP) is 2.06. The summed E-state index contributed by atoms with van der Waals surface area (Å²) in [4.78, 5) is 12.2. The molecule has 0 fully saturated rings. The number of amides is 1. The minimum Gasteiger partial charge on any atom is -0.396 e. The summed E-state index contributed by atoms with van der Waals surface area (Å²) < 4.78 is 0.793. The Kier molecular flexibility index (Phi) is 4.65. The number of nitrogen functional groups attached to an aromatic ring is 1. The molecule has 16 heavy (non-hydrogen) atoms. The fourth-order valence-corrected chi connectivity index (χ4v) is 2.92. The van der Waals surface area contributed by atoms with Crippen molar-refractivity contribution in [3.05, 3.63) is 10.4 Å². The maximum absolute atomic E-state index is 11.7. The van der Waals surface area contributed by atoms with Crippen LogP contribution in [0.15, 0.2) is 4.21 Å². The molecule has 0 aromatic carbocycles. The zero-order valence-corrected chi connectivity index (χ0v) is 10.8. The van der Waals surface area contributed by atoms with Gasteiger partial charge in [0.2, 0.25) is 0 Å². The van der Waals surface area contributed by atoms with Crippen molar-refractivity contribution in [2.75, 3.05) is 18.5 Å². The highest BCUT2D eigenvalue weighted by Crippen LogP contribution is 2.36. The average Bonchev–Trinajstić information content (AvgIpc) is 2.62. The lowest BCUT2D eigenvalue weighted by Crippen LogP contribution is -2.23. The SMILES string of the molecule is CCCNC(=O)c1sc(SC)c(C#N)c1N. The van der Waals surface area contributed by atoms with Crippen molar-refractivity contribution in [1.82, 2.24) is 5.32 Å². The molecule has 0 aliphatic heterocycles. The van der Waals surface area contributed by atoms with E-state index in [0.29, 0.717) is 22.7 Å². The summed E-state index contributed by atoms with van der Waals surface area (Å²) in [6.07, 6.45) is 2.73. The van der Waals surface area contributed by atoms with Gasteiger partial charge < -0.3 is 11.1 Å². The fraction of sp³-hybridized carbons (Fsp3) is 0.400. The van der Waals surface area contributed by atoms with Gasteiger partial charge in [-0.25, -0.2) is 0 Å². The highest BCUT2D eigenvalue weighted by molar-refractivity contribution is 8.00. The van der Waals surface area contributed by atoms with Crippen LogP contribution in [0.3, 0.4) is 0 Å². The molecule has 0 aliphatic carbocycles. The summed E-state index contributed by atoms with van der Waals surface area (Å²) in [5.74, 6) is -0.193. The summed E-state index contributed by atoms with van der Waals surface area (Å²) in [6.45, 7) is 2.60. The quantitative estimate of drug-likeness (QED) is 0.807. The standard InChI is InChI=1S/C10H13N3OS2/c1-3-4-13-9(14)8-7(12)6(5-11)10(15-2)16-8/h3-4,12H2,1-2H3,(H,13,14). The third-order valence-electron chi connectivity index (χ3n) is 1.95. The van der Waals surface area contributed by atoms with E-state index >= 15 is 0 Å². The average molecular weight is 255 g/mol. The van der Waals surface area contributed by atoms with Crippen LogP contribution in [-0.4, -0.2) is 18.7 Å². The third kappa shape index (κ3) is 2.49. The molecular weight excluding hydrogens is 242 g/mol. The lowest BCUT2D eigenvalue weighted by Gasteiger charge is -2.01. The Morgan fingerprint density at radius 3 is 2.81 bits per heavy atom. The zero-order chi connectivity index (χ0) is 12.1. The van der Waals surface area contributed by atoms with E-state index in [1.807, 2.05) is 19.2 Å². The van der Waals surface area contributed by atoms with Crippen LogP contribution >= 0.6 is 23.1 Å². The van der Waals surface area contributed by atoms with Crippen molar-refractivity contribution < 1.29 is 4.79 Å². The van der Waals surface area contributed by atoms with Crippen molar-refractivity contribution in [3.8, 4) is 6.07 Å². The van der Waals surface area contributed by atoms with E-state index in [2.05, 4.69) is 5.32 Å². The van der Waals surface area contributed by atoms with E-state index in [4.69, 9.17) is 11.0 Å². The first kappa shape index (κ1) is 12.9. The Morgan fingerprint density at radius 1 is 1.69 bits per heavy atom. The first-order chi connectivity index (χ1) is 7.65. The van der Waals surface area contributed by atoms with Gasteiger partial charge >= 0.3 is 0 Å². The number of nitrogens with one attached hydrogen (secondary N) is 1. The van der Waals surface area contributed by atoms with Crippen LogP contribution in [0, 0.1) is 11.3 Å². The van der Waals surface area contributed by atoms with E-state index < -0.39 is 0 Å². The largest absolute Gasteiger partial charge is 0.396 e. The molecule has 3 N–H and O–H groups in total. The third-order valence-corrected chi connectivity index (χ3v) is 4.28. The molecule has 0 atom stereocenters. The van der Waals surface area contributed by atoms with Gasteiger partial charge in [-0.2, -0.15) is 5.26 Å². The van der Waals surface area contributed by atoms with E-state index in [1.54, 1.807) is 0 Å². The Hall–Kier alpha value is -1.19. The van der Waals surface area contributed by atoms with Crippen LogP contribution in [0.5, 0.6) is 0 Å². The topological polar surface area (TPSA) is 78.9 Å². The molecule has 1 aromatic heterocycles. The van der Waals surface area contributed by atoms with Crippen LogP contribution < -0.4 is 11.1 Å². The molecule has 0 unspecified atom stereocenters. The second kappa shape index (κ2) is 5.77. The highest BCUT2D eigenvalue weighted by Gasteiger charge is 2.19. The van der Waals surface area contributed by atoms with Gasteiger partial charge in [0, 0.05) is 6.54 Å². The Balaban J connectivity index is 3.02. The molecule has 1 rings (SSSR count). The number of nitriles is 1. The van der Waals surface area contributed by atoms with Crippen LogP contribution in [0.25, 0.3) is 0 Å². The van der Waals surface area contributed by atoms with Crippen LogP contribution in [-0.2, 0) is 0 Å². The monoisotopic (exact) mass is 255 g/mol. The van der Waals surface area contributed by atoms with Crippen LogP contribution in [0.1, 0.15) is 28.6 Å². The Labute approximate surface area is 103 Å². The number of hydrogen-bond acceptors (Lipinski definition) is 5. The second-order valence-electron chi connectivity index (χ2n) is 3.08. The van der Waals surface area contributed by atoms with Crippen molar-refractivity contribution in [3.63, 3.8) is 0 Å². The minimum atomic E-state index is -0.193. The number of hydrogen-bond donors (Lipinski definition) is 2. The normalized spacial score (nSPS) is 9.81. The van der Waals surface area contributed by atoms with Crippen molar-refractivity contribution in [2.45, 2.75) is 17.6 Å². The number of carbonyl (C=O) groups is 1. The summed E-state index contributed by atoms with van der Waals surface area (Å²) in [7, 11) is 0. The molecule has 86 valence electrons. The maximum atomic E-state index is 11.7. The molecule has 1 aromatic rings. The molecule has 0 saturated heterocycles. The first-order valence-electron chi connectivity index (χ1n) is 4.80. The number of anilines is 1. The van der Waals surface area contributed by atoms with Crippen LogP contribution in [0.2, 0.25) is 0 Å². The van der Waals surface area contributed by atoms with E-state index in [0.717, 1.165) is 10.6 Å². The lowest BCUT2D eigenvalue weighted by molar-refractivity contribution is 0.0958. The zero-order valence-electron chi connectivity index (χ0n) is 9.16. The summed E-state index contributed by atoms with van der Waals surface area (Å²) in [5, 5.41) is 11.7. The number of nitrogens with two attached hydrogens (primary N) is 1. The highest BCUT2D eigenvalue weighted by atomic mass is 32.2. The summed E-state index contributed by atoms with van der Waals surface area (Å²) in [6, 6.07) is 2.03. The molecule has 4 nitrogen and oxygen atoms in total. The van der Waals surface area contributed by atoms with E-state index in [-0.39, 0.29) is 5.91 Å². The summed E-state index contributed by atoms with van der Waals surface area (Å²) in [5.41, 5.74) is 6.49. The molecule has 6 heteroatoms. The number of thioether (sulfide) groups is 1. The number of thiophene rings is 1. The van der Waals surface area contributed by atoms with Gasteiger partial charge in [-0.3, -0.25) is 4.79 Å². The number of rotatable bonds is 4. The van der Waals surface area contributed by atoms with Gasteiger partial charge in [0.25, 0.3) is 5.91 Å². The van der Waals surface area contributed by atoms with Gasteiger partial charge in [0.15, 0.2) is 0 Å². The van der Waals surface area contributed by atoms with Gasteiger partial charge in [-0.1, -0.05) is 6.92 Å². The Bertz CT molecular complexity index is 434. The van der Waals surface area contributed by atoms with Crippen molar-refractivity contribution in [1.29, 1.82) is 5.26 Å². The second-order valence-corrected chi connectivity index (χ2v) is 5.17. The lowest BCUT2D eigenvalue weighted by atomic mass is 10.2. The number of nitrogens with zero attached hydrogens (tertiary/aromatic N) is 1. The van der Waals surface area contributed by atoms with Gasteiger partial charge in [-0.05, 0) is 12.7 Å². The Morgan fingerprint density at radius 2 is 2.38 bits per heavy atom. The minimum absolute atomic E-state index is 0.193. The van der Waals surface area contributed by atoms with Crippen LogP contribution in [0.4, 0.5) is 5.69 Å². The molecule has 1 heterocycles. The van der Waals surface area contributed by atoms with Gasteiger partial charge in [-0.15, -0.1) is 23.1 Å². The molecule has 0 radical (unpaired) electrons. The van der Waals surface area contributed by atoms with Crippen molar-refractivity contribution >= 4 is 34.7 Å². The predicted molar refractivity (Wildman–Crippen MR) is 67.9 cm³/mol. The van der Waals surface area contributed by atoms with Gasteiger partial charge in [0.1, 0.15) is 16.5 Å².